The van der Waals surface area contributed by atoms with E-state index in [0.717, 1.165) is 4.68 Å². The lowest BCUT2D eigenvalue weighted by Gasteiger charge is -2.07. The van der Waals surface area contributed by atoms with Crippen LogP contribution in [0.2, 0.25) is 0 Å². The molecule has 0 aliphatic carbocycles. The van der Waals surface area contributed by atoms with Gasteiger partial charge in [0.2, 0.25) is 0 Å². The maximum Gasteiger partial charge on any atom is 0.389 e. The first-order valence-corrected chi connectivity index (χ1v) is 5.62. The zero-order valence-corrected chi connectivity index (χ0v) is 10.3. The Hall–Kier alpha value is -2.26. The van der Waals surface area contributed by atoms with Crippen molar-refractivity contribution < 1.29 is 27.9 Å². The maximum absolute atomic E-state index is 11.8. The summed E-state index contributed by atoms with van der Waals surface area (Å²) >= 11 is 0. The van der Waals surface area contributed by atoms with E-state index in [4.69, 9.17) is 5.11 Å². The number of nitrogens with zero attached hydrogens (tertiary/aromatic N) is 2. The normalized spacial score (nSPS) is 11.2. The number of nitrogens with one attached hydrogen (secondary N) is 2. The van der Waals surface area contributed by atoms with Crippen LogP contribution >= 0.6 is 0 Å². The molecule has 0 atom stereocenters. The van der Waals surface area contributed by atoms with Crippen molar-refractivity contribution in [3.63, 3.8) is 0 Å². The Morgan fingerprint density at radius 1 is 1.40 bits per heavy atom. The lowest BCUT2D eigenvalue weighted by molar-refractivity contribution is -0.138. The van der Waals surface area contributed by atoms with Crippen molar-refractivity contribution >= 4 is 17.7 Å². The molecule has 2 amide bonds. The topological polar surface area (TPSA) is 96.2 Å². The zero-order chi connectivity index (χ0) is 15.2. The molecule has 1 aromatic rings. The summed E-state index contributed by atoms with van der Waals surface area (Å²) in [5.74, 6) is -1.09. The third kappa shape index (κ3) is 6.61. The van der Waals surface area contributed by atoms with Gasteiger partial charge < -0.3 is 15.7 Å². The second-order valence-corrected chi connectivity index (χ2v) is 3.92. The highest BCUT2D eigenvalue weighted by Crippen LogP contribution is 2.20. The molecule has 0 aliphatic heterocycles. The monoisotopic (exact) mass is 294 g/mol. The molecule has 0 saturated carbocycles. The van der Waals surface area contributed by atoms with Crippen molar-refractivity contribution in [1.82, 2.24) is 15.1 Å². The van der Waals surface area contributed by atoms with Crippen LogP contribution in [-0.4, -0.2) is 39.6 Å². The Balaban J connectivity index is 2.28. The first kappa shape index (κ1) is 15.8. The highest BCUT2D eigenvalue weighted by molar-refractivity contribution is 5.88. The van der Waals surface area contributed by atoms with Gasteiger partial charge in [-0.3, -0.25) is 9.48 Å². The van der Waals surface area contributed by atoms with Crippen molar-refractivity contribution in [2.45, 2.75) is 25.6 Å². The Bertz CT molecular complexity index is 473. The van der Waals surface area contributed by atoms with Gasteiger partial charge in [0, 0.05) is 19.2 Å². The molecular formula is C10H13F3N4O3. The van der Waals surface area contributed by atoms with E-state index >= 15 is 0 Å². The molecule has 0 bridgehead atoms. The van der Waals surface area contributed by atoms with E-state index in [1.807, 2.05) is 0 Å². The molecule has 0 fully saturated rings. The average Bonchev–Trinajstić information content (AvgIpc) is 2.69. The van der Waals surface area contributed by atoms with E-state index in [2.05, 4.69) is 15.7 Å². The van der Waals surface area contributed by atoms with Gasteiger partial charge in [0.1, 0.15) is 6.54 Å². The quantitative estimate of drug-likeness (QED) is 0.691. The molecule has 10 heteroatoms. The molecule has 20 heavy (non-hydrogen) atoms. The first-order chi connectivity index (χ1) is 9.26. The lowest BCUT2D eigenvalue weighted by Crippen LogP contribution is -2.30. The van der Waals surface area contributed by atoms with E-state index in [-0.39, 0.29) is 25.2 Å². The Morgan fingerprint density at radius 2 is 2.10 bits per heavy atom. The number of urea groups is 1. The number of alkyl halides is 3. The molecule has 0 aliphatic rings. The number of hydrogen-bond acceptors (Lipinski definition) is 3. The van der Waals surface area contributed by atoms with Gasteiger partial charge in [-0.05, 0) is 6.42 Å². The fraction of sp³-hybridized carbons (Fsp3) is 0.500. The average molecular weight is 294 g/mol. The fourth-order valence-electron chi connectivity index (χ4n) is 1.32. The minimum Gasteiger partial charge on any atom is -0.480 e. The number of aromatic nitrogens is 2. The molecule has 1 aromatic heterocycles. The van der Waals surface area contributed by atoms with Crippen LogP contribution < -0.4 is 10.6 Å². The largest absolute Gasteiger partial charge is 0.480 e. The lowest BCUT2D eigenvalue weighted by atomic mass is 10.3. The van der Waals surface area contributed by atoms with Gasteiger partial charge in [0.15, 0.2) is 0 Å². The second kappa shape index (κ2) is 6.78. The summed E-state index contributed by atoms with van der Waals surface area (Å²) in [6.45, 7) is -0.469. The van der Waals surface area contributed by atoms with Gasteiger partial charge in [-0.15, -0.1) is 0 Å². The van der Waals surface area contributed by atoms with Gasteiger partial charge in [-0.2, -0.15) is 18.3 Å². The van der Waals surface area contributed by atoms with E-state index in [9.17, 15) is 22.8 Å². The standard InChI is InChI=1S/C10H13F3N4O3/c11-10(12,13)2-1-3-14-9(20)16-7-4-15-17(5-7)6-8(18)19/h4-5H,1-3,6H2,(H,18,19)(H2,14,16,20). The molecule has 0 saturated heterocycles. The molecule has 3 N–H and O–H groups in total. The number of carbonyl (C=O) groups is 2. The van der Waals surface area contributed by atoms with Crippen molar-refractivity contribution in [1.29, 1.82) is 0 Å². The zero-order valence-electron chi connectivity index (χ0n) is 10.3. The van der Waals surface area contributed by atoms with Gasteiger partial charge in [0.25, 0.3) is 0 Å². The summed E-state index contributed by atoms with van der Waals surface area (Å²) < 4.78 is 36.6. The maximum atomic E-state index is 11.8. The van der Waals surface area contributed by atoms with E-state index in [1.165, 1.54) is 12.4 Å². The molecule has 112 valence electrons. The van der Waals surface area contributed by atoms with Crippen molar-refractivity contribution in [3.05, 3.63) is 12.4 Å². The third-order valence-corrected chi connectivity index (χ3v) is 2.11. The number of amides is 2. The van der Waals surface area contributed by atoms with Crippen molar-refractivity contribution in [2.24, 2.45) is 0 Å². The SMILES string of the molecule is O=C(O)Cn1cc(NC(=O)NCCCC(F)(F)F)cn1. The van der Waals surface area contributed by atoms with Crippen molar-refractivity contribution in [3.8, 4) is 0 Å². The van der Waals surface area contributed by atoms with Crippen LogP contribution in [0.4, 0.5) is 23.7 Å². The van der Waals surface area contributed by atoms with Gasteiger partial charge in [0.05, 0.1) is 11.9 Å². The molecule has 0 radical (unpaired) electrons. The predicted octanol–water partition coefficient (Wildman–Crippen LogP) is 1.43. The number of hydrogen-bond donors (Lipinski definition) is 3. The number of aliphatic carboxylic acids is 1. The van der Waals surface area contributed by atoms with Crippen LogP contribution in [0, 0.1) is 0 Å². The number of halogens is 3. The highest BCUT2D eigenvalue weighted by atomic mass is 19.4. The van der Waals surface area contributed by atoms with E-state index in [1.54, 1.807) is 0 Å². The number of anilines is 1. The smallest absolute Gasteiger partial charge is 0.389 e. The Labute approximate surface area is 111 Å². The summed E-state index contributed by atoms with van der Waals surface area (Å²) in [6.07, 6.45) is -2.89. The van der Waals surface area contributed by atoms with Crippen LogP contribution in [-0.2, 0) is 11.3 Å². The Kier molecular flexibility index (Phi) is 5.35. The highest BCUT2D eigenvalue weighted by Gasteiger charge is 2.25. The number of rotatable bonds is 6. The molecule has 7 nitrogen and oxygen atoms in total. The van der Waals surface area contributed by atoms with Gasteiger partial charge >= 0.3 is 18.2 Å². The van der Waals surface area contributed by atoms with Gasteiger partial charge in [-0.25, -0.2) is 4.79 Å². The van der Waals surface area contributed by atoms with Crippen LogP contribution in [0.3, 0.4) is 0 Å². The number of carboxylic acid groups (broad SMARTS) is 1. The molecule has 1 rings (SSSR count). The van der Waals surface area contributed by atoms with Crippen LogP contribution in [0.5, 0.6) is 0 Å². The molecule has 0 aromatic carbocycles. The fourth-order valence-corrected chi connectivity index (χ4v) is 1.32. The van der Waals surface area contributed by atoms with E-state index < -0.39 is 24.6 Å². The summed E-state index contributed by atoms with van der Waals surface area (Å²) in [5, 5.41) is 16.8. The van der Waals surface area contributed by atoms with Crippen LogP contribution in [0.25, 0.3) is 0 Å². The van der Waals surface area contributed by atoms with Crippen LogP contribution in [0.15, 0.2) is 12.4 Å². The first-order valence-electron chi connectivity index (χ1n) is 5.62. The predicted molar refractivity (Wildman–Crippen MR) is 62.2 cm³/mol. The number of carboxylic acids is 1. The van der Waals surface area contributed by atoms with Gasteiger partial charge in [-0.1, -0.05) is 0 Å². The molecule has 1 heterocycles. The Morgan fingerprint density at radius 3 is 2.70 bits per heavy atom. The second-order valence-electron chi connectivity index (χ2n) is 3.92. The third-order valence-electron chi connectivity index (χ3n) is 2.11. The molecule has 0 unspecified atom stereocenters. The summed E-state index contributed by atoms with van der Waals surface area (Å²) in [6, 6.07) is -0.679. The minimum atomic E-state index is -4.24. The number of carbonyl (C=O) groups excluding carboxylic acids is 1. The van der Waals surface area contributed by atoms with Crippen molar-refractivity contribution in [2.75, 3.05) is 11.9 Å². The van der Waals surface area contributed by atoms with E-state index in [0.29, 0.717) is 0 Å². The summed E-state index contributed by atoms with van der Waals surface area (Å²) in [5.41, 5.74) is 0.250. The van der Waals surface area contributed by atoms with Crippen LogP contribution in [0.1, 0.15) is 12.8 Å². The molecule has 0 spiro atoms. The minimum absolute atomic E-state index is 0.116. The summed E-state index contributed by atoms with van der Waals surface area (Å²) in [4.78, 5) is 21.7. The molecular weight excluding hydrogens is 281 g/mol. The summed E-state index contributed by atoms with van der Waals surface area (Å²) in [7, 11) is 0.